The highest BCUT2D eigenvalue weighted by molar-refractivity contribution is 5.84. The summed E-state index contributed by atoms with van der Waals surface area (Å²) in [7, 11) is 0. The molecule has 3 heteroatoms. The van der Waals surface area contributed by atoms with Crippen LogP contribution in [0.3, 0.4) is 0 Å². The molecule has 1 heterocycles. The molecular formula is C11H12N2O. The fourth-order valence-electron chi connectivity index (χ4n) is 1.56. The summed E-state index contributed by atoms with van der Waals surface area (Å²) in [4.78, 5) is 11.8. The second-order valence-corrected chi connectivity index (χ2v) is 3.25. The molecule has 0 aliphatic heterocycles. The second kappa shape index (κ2) is 3.18. The Morgan fingerprint density at radius 3 is 2.86 bits per heavy atom. The molecule has 0 bridgehead atoms. The molecule has 72 valence electrons. The third kappa shape index (κ3) is 1.27. The number of nitrogen functional groups attached to an aromatic ring is 1. The van der Waals surface area contributed by atoms with Crippen molar-refractivity contribution in [3.8, 4) is 0 Å². The average Bonchev–Trinajstić information content (AvgIpc) is 2.18. The summed E-state index contributed by atoms with van der Waals surface area (Å²) in [6, 6.07) is 7.26. The van der Waals surface area contributed by atoms with Crippen molar-refractivity contribution >= 4 is 16.5 Å². The molecule has 0 spiro atoms. The van der Waals surface area contributed by atoms with Gasteiger partial charge in [0.2, 0.25) is 0 Å². The molecule has 1 aromatic carbocycles. The topological polar surface area (TPSA) is 48.0 Å². The fraction of sp³-hybridized carbons (Fsp3) is 0.182. The predicted molar refractivity (Wildman–Crippen MR) is 58.3 cm³/mol. The van der Waals surface area contributed by atoms with Gasteiger partial charge in [-0.1, -0.05) is 0 Å². The number of hydrogen-bond donors (Lipinski definition) is 1. The number of fused-ring (bicyclic) bond motifs is 1. The van der Waals surface area contributed by atoms with E-state index in [0.29, 0.717) is 12.2 Å². The molecule has 2 N–H and O–H groups in total. The van der Waals surface area contributed by atoms with E-state index in [9.17, 15) is 4.79 Å². The molecule has 0 saturated carbocycles. The average molecular weight is 188 g/mol. The normalized spacial score (nSPS) is 10.6. The van der Waals surface area contributed by atoms with Crippen molar-refractivity contribution < 1.29 is 0 Å². The van der Waals surface area contributed by atoms with Gasteiger partial charge in [0.05, 0.1) is 0 Å². The van der Waals surface area contributed by atoms with Crippen LogP contribution < -0.4 is 11.3 Å². The number of nitrogens with zero attached hydrogens (tertiary/aromatic N) is 1. The summed E-state index contributed by atoms with van der Waals surface area (Å²) in [6.45, 7) is 2.64. The molecule has 0 aliphatic carbocycles. The van der Waals surface area contributed by atoms with E-state index >= 15 is 0 Å². The molecule has 14 heavy (non-hydrogen) atoms. The molecule has 0 amide bonds. The maximum Gasteiger partial charge on any atom is 0.258 e. The van der Waals surface area contributed by atoms with Crippen LogP contribution in [0.15, 0.2) is 35.3 Å². The predicted octanol–water partition coefficient (Wildman–Crippen LogP) is 1.60. The first-order valence-corrected chi connectivity index (χ1v) is 4.61. The lowest BCUT2D eigenvalue weighted by molar-refractivity contribution is 0.735. The van der Waals surface area contributed by atoms with E-state index in [0.717, 1.165) is 10.8 Å². The first kappa shape index (κ1) is 8.81. The van der Waals surface area contributed by atoms with Crippen molar-refractivity contribution in [1.29, 1.82) is 0 Å². The number of benzene rings is 1. The van der Waals surface area contributed by atoms with E-state index in [2.05, 4.69) is 0 Å². The van der Waals surface area contributed by atoms with Crippen LogP contribution in [0.5, 0.6) is 0 Å². The third-order valence-electron chi connectivity index (χ3n) is 2.34. The van der Waals surface area contributed by atoms with Gasteiger partial charge in [0.1, 0.15) is 0 Å². The highest BCUT2D eigenvalue weighted by Gasteiger charge is 2.00. The maximum atomic E-state index is 11.8. The van der Waals surface area contributed by atoms with Crippen molar-refractivity contribution in [3.05, 3.63) is 40.8 Å². The van der Waals surface area contributed by atoms with Crippen LogP contribution in [0.25, 0.3) is 10.8 Å². The SMILES string of the molecule is CCn1ccc2cc(N)ccc2c1=O. The van der Waals surface area contributed by atoms with Gasteiger partial charge in [-0.15, -0.1) is 0 Å². The number of nitrogens with two attached hydrogens (primary N) is 1. The number of anilines is 1. The minimum atomic E-state index is 0.0463. The van der Waals surface area contributed by atoms with E-state index in [1.807, 2.05) is 19.1 Å². The van der Waals surface area contributed by atoms with Crippen molar-refractivity contribution in [2.75, 3.05) is 5.73 Å². The Hall–Kier alpha value is -1.77. The van der Waals surface area contributed by atoms with Crippen molar-refractivity contribution in [2.24, 2.45) is 0 Å². The lowest BCUT2D eigenvalue weighted by atomic mass is 10.1. The van der Waals surface area contributed by atoms with Crippen LogP contribution in [0.1, 0.15) is 6.92 Å². The van der Waals surface area contributed by atoms with Crippen LogP contribution in [0.2, 0.25) is 0 Å². The minimum Gasteiger partial charge on any atom is -0.399 e. The fourth-order valence-corrected chi connectivity index (χ4v) is 1.56. The lowest BCUT2D eigenvalue weighted by Gasteiger charge is -2.04. The highest BCUT2D eigenvalue weighted by atomic mass is 16.1. The molecule has 0 fully saturated rings. The van der Waals surface area contributed by atoms with Gasteiger partial charge >= 0.3 is 0 Å². The zero-order valence-electron chi connectivity index (χ0n) is 8.03. The minimum absolute atomic E-state index is 0.0463. The van der Waals surface area contributed by atoms with Gasteiger partial charge < -0.3 is 10.3 Å². The lowest BCUT2D eigenvalue weighted by Crippen LogP contribution is -2.18. The number of aryl methyl sites for hydroxylation is 1. The van der Waals surface area contributed by atoms with Crippen LogP contribution in [-0.4, -0.2) is 4.57 Å². The van der Waals surface area contributed by atoms with Crippen LogP contribution >= 0.6 is 0 Å². The molecule has 0 unspecified atom stereocenters. The largest absolute Gasteiger partial charge is 0.399 e. The van der Waals surface area contributed by atoms with Crippen molar-refractivity contribution in [2.45, 2.75) is 13.5 Å². The first-order chi connectivity index (χ1) is 6.72. The Labute approximate surface area is 81.8 Å². The Morgan fingerprint density at radius 1 is 1.36 bits per heavy atom. The first-order valence-electron chi connectivity index (χ1n) is 4.61. The van der Waals surface area contributed by atoms with Gasteiger partial charge in [0, 0.05) is 23.8 Å². The van der Waals surface area contributed by atoms with E-state index in [-0.39, 0.29) is 5.56 Å². The molecule has 3 nitrogen and oxygen atoms in total. The summed E-state index contributed by atoms with van der Waals surface area (Å²) in [5, 5.41) is 1.63. The van der Waals surface area contributed by atoms with Crippen LogP contribution in [0, 0.1) is 0 Å². The highest BCUT2D eigenvalue weighted by Crippen LogP contribution is 2.13. The van der Waals surface area contributed by atoms with Gasteiger partial charge in [-0.05, 0) is 36.6 Å². The van der Waals surface area contributed by atoms with Crippen LogP contribution in [-0.2, 0) is 6.54 Å². The maximum absolute atomic E-state index is 11.8. The van der Waals surface area contributed by atoms with Crippen molar-refractivity contribution in [1.82, 2.24) is 4.57 Å². The van der Waals surface area contributed by atoms with Gasteiger partial charge in [0.15, 0.2) is 0 Å². The zero-order valence-corrected chi connectivity index (χ0v) is 8.03. The molecule has 2 aromatic rings. The number of hydrogen-bond acceptors (Lipinski definition) is 2. The molecule has 1 aromatic heterocycles. The van der Waals surface area contributed by atoms with Gasteiger partial charge in [-0.3, -0.25) is 4.79 Å². The number of aromatic nitrogens is 1. The molecule has 0 atom stereocenters. The van der Waals surface area contributed by atoms with E-state index in [1.165, 1.54) is 0 Å². The van der Waals surface area contributed by atoms with E-state index < -0.39 is 0 Å². The molecular weight excluding hydrogens is 176 g/mol. The standard InChI is InChI=1S/C11H12N2O/c1-2-13-6-5-8-7-9(12)3-4-10(8)11(13)14/h3-7H,2,12H2,1H3. The Morgan fingerprint density at radius 2 is 2.14 bits per heavy atom. The van der Waals surface area contributed by atoms with Gasteiger partial charge in [0.25, 0.3) is 5.56 Å². The van der Waals surface area contributed by atoms with Crippen molar-refractivity contribution in [3.63, 3.8) is 0 Å². The number of pyridine rings is 1. The summed E-state index contributed by atoms with van der Waals surface area (Å²) in [5.74, 6) is 0. The molecule has 2 rings (SSSR count). The molecule has 0 aliphatic rings. The summed E-state index contributed by atoms with van der Waals surface area (Å²) >= 11 is 0. The zero-order chi connectivity index (χ0) is 10.1. The monoisotopic (exact) mass is 188 g/mol. The summed E-state index contributed by atoms with van der Waals surface area (Å²) < 4.78 is 1.68. The Bertz CT molecular complexity index is 528. The molecule has 0 radical (unpaired) electrons. The van der Waals surface area contributed by atoms with Gasteiger partial charge in [-0.25, -0.2) is 0 Å². The van der Waals surface area contributed by atoms with Gasteiger partial charge in [-0.2, -0.15) is 0 Å². The Kier molecular flexibility index (Phi) is 2.00. The number of rotatable bonds is 1. The smallest absolute Gasteiger partial charge is 0.258 e. The quantitative estimate of drug-likeness (QED) is 0.691. The van der Waals surface area contributed by atoms with Crippen LogP contribution in [0.4, 0.5) is 5.69 Å². The summed E-state index contributed by atoms with van der Waals surface area (Å²) in [5.41, 5.74) is 6.37. The van der Waals surface area contributed by atoms with E-state index in [1.54, 1.807) is 22.9 Å². The third-order valence-corrected chi connectivity index (χ3v) is 2.34. The van der Waals surface area contributed by atoms with E-state index in [4.69, 9.17) is 5.73 Å². The Balaban J connectivity index is 2.84. The molecule has 0 saturated heterocycles. The second-order valence-electron chi connectivity index (χ2n) is 3.25. The summed E-state index contributed by atoms with van der Waals surface area (Å²) in [6.07, 6.45) is 1.80.